The van der Waals surface area contributed by atoms with Crippen molar-refractivity contribution < 1.29 is 9.47 Å². The molecule has 0 N–H and O–H groups in total. The molecule has 0 radical (unpaired) electrons. The van der Waals surface area contributed by atoms with E-state index in [9.17, 15) is 0 Å². The molecule has 83 heavy (non-hydrogen) atoms. The van der Waals surface area contributed by atoms with Crippen LogP contribution in [0, 0.1) is 83.1 Å². The maximum atomic E-state index is 7.18. The van der Waals surface area contributed by atoms with Gasteiger partial charge in [-0.2, -0.15) is 0 Å². The molecular formula is C78H61BN2O2. The van der Waals surface area contributed by atoms with Crippen LogP contribution in [0.15, 0.2) is 152 Å². The van der Waals surface area contributed by atoms with E-state index >= 15 is 0 Å². The van der Waals surface area contributed by atoms with Crippen molar-refractivity contribution in [3.63, 3.8) is 0 Å². The van der Waals surface area contributed by atoms with E-state index in [0.717, 1.165) is 39.4 Å². The van der Waals surface area contributed by atoms with Gasteiger partial charge in [-0.1, -0.05) is 89.0 Å². The van der Waals surface area contributed by atoms with Gasteiger partial charge in [-0.25, -0.2) is 0 Å². The average Bonchev–Trinajstić information content (AvgIpc) is 2.00. The summed E-state index contributed by atoms with van der Waals surface area (Å²) >= 11 is 0. The van der Waals surface area contributed by atoms with Crippen LogP contribution in [-0.2, 0) is 0 Å². The molecular weight excluding hydrogens is 1010 g/mol. The number of aromatic nitrogens is 2. The fourth-order valence-electron chi connectivity index (χ4n) is 16.6. The van der Waals surface area contributed by atoms with Crippen molar-refractivity contribution in [3.8, 4) is 67.5 Å². The monoisotopic (exact) mass is 1070 g/mol. The number of aryl methyl sites for hydroxylation is 12. The number of ether oxygens (including phenoxy) is 2. The molecule has 11 aromatic carbocycles. The molecule has 398 valence electrons. The average molecular weight is 1070 g/mol. The summed E-state index contributed by atoms with van der Waals surface area (Å²) in [4.78, 5) is 0. The van der Waals surface area contributed by atoms with Crippen molar-refractivity contribution >= 4 is 99.3 Å². The lowest BCUT2D eigenvalue weighted by atomic mass is 9.35. The fourth-order valence-corrected chi connectivity index (χ4v) is 16.6. The van der Waals surface area contributed by atoms with Crippen LogP contribution in [0.4, 0.5) is 0 Å². The normalized spacial score (nSPS) is 13.0. The first-order valence-electron chi connectivity index (χ1n) is 29.5. The van der Waals surface area contributed by atoms with Gasteiger partial charge in [-0.15, -0.1) is 0 Å². The number of benzene rings is 11. The van der Waals surface area contributed by atoms with E-state index in [1.54, 1.807) is 0 Å². The molecule has 0 saturated carbocycles. The lowest BCUT2D eigenvalue weighted by molar-refractivity contribution is 0.465. The van der Waals surface area contributed by atoms with Crippen molar-refractivity contribution in [1.29, 1.82) is 0 Å². The van der Waals surface area contributed by atoms with E-state index in [4.69, 9.17) is 9.47 Å². The first-order chi connectivity index (χ1) is 40.0. The second-order valence-electron chi connectivity index (χ2n) is 25.2. The number of rotatable bonds is 4. The van der Waals surface area contributed by atoms with Crippen LogP contribution in [-0.4, -0.2) is 15.5 Å². The van der Waals surface area contributed by atoms with Crippen molar-refractivity contribution in [2.45, 2.75) is 83.1 Å². The Morgan fingerprint density at radius 2 is 0.578 bits per heavy atom. The highest BCUT2D eigenvalue weighted by atomic mass is 16.5. The Morgan fingerprint density at radius 1 is 0.277 bits per heavy atom. The zero-order chi connectivity index (χ0) is 56.5. The molecule has 2 aliphatic heterocycles. The third-order valence-electron chi connectivity index (χ3n) is 19.3. The minimum absolute atomic E-state index is 0.161. The SMILES string of the molecule is Cc1cc(C)c(-c2ccc3c(c2)c2cc(-c4c(C)cc(C)cc4C)cc4c5cc6c(cc5n3c24)B2c3cc4c(cc3Oc3cccc(c32)O6)c2cc(-c3c(C)cc(C)cc3C)cc3c5cc(-c6c(C)cc(C)cc6C)ccc5n4c32)c(C)c1. The van der Waals surface area contributed by atoms with Crippen LogP contribution in [0.25, 0.3) is 121 Å². The maximum absolute atomic E-state index is 7.18. The summed E-state index contributed by atoms with van der Waals surface area (Å²) in [5.41, 5.74) is 36.3. The van der Waals surface area contributed by atoms with Crippen LogP contribution in [0.5, 0.6) is 23.0 Å². The van der Waals surface area contributed by atoms with E-state index in [1.807, 2.05) is 0 Å². The van der Waals surface area contributed by atoms with Gasteiger partial charge in [-0.05, 0) is 268 Å². The van der Waals surface area contributed by atoms with Crippen LogP contribution >= 0.6 is 0 Å². The molecule has 0 spiro atoms. The van der Waals surface area contributed by atoms with Crippen molar-refractivity contribution in [1.82, 2.24) is 8.80 Å². The minimum Gasteiger partial charge on any atom is -0.458 e. The van der Waals surface area contributed by atoms with Gasteiger partial charge in [0, 0.05) is 48.6 Å². The lowest BCUT2D eigenvalue weighted by Crippen LogP contribution is -2.57. The van der Waals surface area contributed by atoms with Gasteiger partial charge >= 0.3 is 0 Å². The molecule has 4 nitrogen and oxygen atoms in total. The van der Waals surface area contributed by atoms with E-state index in [-0.39, 0.29) is 6.71 Å². The summed E-state index contributed by atoms with van der Waals surface area (Å²) in [6, 6.07) is 58.8. The van der Waals surface area contributed by atoms with Gasteiger partial charge in [0.15, 0.2) is 0 Å². The summed E-state index contributed by atoms with van der Waals surface area (Å²) in [7, 11) is 0. The topological polar surface area (TPSA) is 27.3 Å². The third-order valence-corrected chi connectivity index (χ3v) is 19.3. The van der Waals surface area contributed by atoms with Crippen molar-refractivity contribution in [2.24, 2.45) is 0 Å². The first-order valence-corrected chi connectivity index (χ1v) is 29.5. The Hall–Kier alpha value is -9.32. The Labute approximate surface area is 483 Å². The van der Waals surface area contributed by atoms with E-state index < -0.39 is 0 Å². The van der Waals surface area contributed by atoms with Crippen molar-refractivity contribution in [2.75, 3.05) is 0 Å². The molecule has 4 aromatic heterocycles. The Kier molecular flexibility index (Phi) is 9.72. The van der Waals surface area contributed by atoms with E-state index in [2.05, 4.69) is 244 Å². The first kappa shape index (κ1) is 48.4. The van der Waals surface area contributed by atoms with Crippen molar-refractivity contribution in [3.05, 3.63) is 218 Å². The van der Waals surface area contributed by atoms with Gasteiger partial charge in [0.05, 0.1) is 33.1 Å². The molecule has 0 aliphatic carbocycles. The molecule has 5 heteroatoms. The van der Waals surface area contributed by atoms with Gasteiger partial charge in [0.25, 0.3) is 6.71 Å². The Morgan fingerprint density at radius 3 is 0.916 bits per heavy atom. The van der Waals surface area contributed by atoms with E-state index in [1.165, 1.54) is 187 Å². The quantitative estimate of drug-likeness (QED) is 0.164. The Balaban J connectivity index is 0.939. The molecule has 0 amide bonds. The second kappa shape index (κ2) is 16.7. The number of nitrogens with zero attached hydrogens (tertiary/aromatic N) is 2. The number of hydrogen-bond donors (Lipinski definition) is 0. The lowest BCUT2D eigenvalue weighted by Gasteiger charge is -2.33. The summed E-state index contributed by atoms with van der Waals surface area (Å²) in [6.45, 7) is 26.7. The summed E-state index contributed by atoms with van der Waals surface area (Å²) < 4.78 is 19.5. The molecule has 0 unspecified atom stereocenters. The van der Waals surface area contributed by atoms with Gasteiger partial charge in [0.1, 0.15) is 23.0 Å². The highest BCUT2D eigenvalue weighted by Crippen LogP contribution is 2.49. The smallest absolute Gasteiger partial charge is 0.260 e. The van der Waals surface area contributed by atoms with Crippen LogP contribution in [0.2, 0.25) is 0 Å². The van der Waals surface area contributed by atoms with Gasteiger partial charge in [0.2, 0.25) is 0 Å². The number of hydrogen-bond acceptors (Lipinski definition) is 2. The van der Waals surface area contributed by atoms with Crippen LogP contribution in [0.1, 0.15) is 66.8 Å². The fraction of sp³-hybridized carbons (Fsp3) is 0.154. The van der Waals surface area contributed by atoms with Crippen LogP contribution in [0.3, 0.4) is 0 Å². The van der Waals surface area contributed by atoms with Crippen LogP contribution < -0.4 is 25.9 Å². The molecule has 2 aliphatic rings. The largest absolute Gasteiger partial charge is 0.458 e. The zero-order valence-corrected chi connectivity index (χ0v) is 49.2. The summed E-state index contributed by atoms with van der Waals surface area (Å²) in [5, 5.41) is 9.89. The minimum atomic E-state index is -0.161. The highest BCUT2D eigenvalue weighted by Gasteiger charge is 2.42. The predicted molar refractivity (Wildman–Crippen MR) is 352 cm³/mol. The standard InChI is InChI=1S/C78H61BN2O2/c1-38-20-42(5)72(43(6)21-38)50-16-18-64-54(28-50)58-30-52(74-46(9)24-40(3)25-47(74)10)32-60-56-34-70-62(36-66(56)80(64)77(58)60)79-63-37-67-57(35-71(63)83-69-15-13-14-68(82-70)76(69)79)61-33-53(75-48(11)26-41(4)27-49(75)12)31-59-55-29-51(17-19-65(55)81(67)78(59)61)73-44(7)22-39(2)23-45(73)8/h13-37H,1-12H3. The second-order valence-corrected chi connectivity index (χ2v) is 25.2. The summed E-state index contributed by atoms with van der Waals surface area (Å²) in [5.74, 6) is 3.45. The number of fused-ring (bicyclic) bond motifs is 16. The molecule has 0 atom stereocenters. The van der Waals surface area contributed by atoms with Gasteiger partial charge in [-0.3, -0.25) is 0 Å². The predicted octanol–water partition coefficient (Wildman–Crippen LogP) is 19.1. The van der Waals surface area contributed by atoms with Gasteiger partial charge < -0.3 is 18.3 Å². The molecule has 6 heterocycles. The molecule has 0 saturated heterocycles. The van der Waals surface area contributed by atoms with E-state index in [0.29, 0.717) is 0 Å². The molecule has 15 aromatic rings. The highest BCUT2D eigenvalue weighted by molar-refractivity contribution is 6.98. The molecule has 17 rings (SSSR count). The molecule has 0 bridgehead atoms. The zero-order valence-electron chi connectivity index (χ0n) is 49.2. The maximum Gasteiger partial charge on any atom is 0.260 e. The Bertz CT molecular complexity index is 5050. The molecule has 0 fully saturated rings. The third kappa shape index (κ3) is 6.59. The summed E-state index contributed by atoms with van der Waals surface area (Å²) in [6.07, 6.45) is 0.